The van der Waals surface area contributed by atoms with Crippen LogP contribution in [0.25, 0.3) is 0 Å². The van der Waals surface area contributed by atoms with Crippen molar-refractivity contribution in [2.75, 3.05) is 21.3 Å². The highest BCUT2D eigenvalue weighted by Gasteiger charge is 2.63. The molecule has 0 bridgehead atoms. The van der Waals surface area contributed by atoms with Crippen molar-refractivity contribution in [1.82, 2.24) is 0 Å². The van der Waals surface area contributed by atoms with E-state index in [0.29, 0.717) is 22.7 Å². The topological polar surface area (TPSA) is 74.2 Å². The van der Waals surface area contributed by atoms with Crippen molar-refractivity contribution in [2.24, 2.45) is 10.4 Å². The van der Waals surface area contributed by atoms with Crippen molar-refractivity contribution < 1.29 is 23.8 Å². The summed E-state index contributed by atoms with van der Waals surface area (Å²) in [5, 5.41) is 0. The Morgan fingerprint density at radius 3 is 2.35 bits per heavy atom. The molecule has 0 aromatic heterocycles. The molecule has 3 unspecified atom stereocenters. The van der Waals surface area contributed by atoms with E-state index < -0.39 is 23.3 Å². The van der Waals surface area contributed by atoms with Gasteiger partial charge in [-0.2, -0.15) is 0 Å². The fraction of sp³-hybridized carbons (Fsp3) is 0.450. The summed E-state index contributed by atoms with van der Waals surface area (Å²) in [7, 11) is 4.28. The normalized spacial score (nSPS) is 26.6. The van der Waals surface area contributed by atoms with Crippen LogP contribution in [0.1, 0.15) is 43.7 Å². The van der Waals surface area contributed by atoms with Crippen molar-refractivity contribution >= 4 is 17.7 Å². The maximum Gasteiger partial charge on any atom is 0.336 e. The second-order valence-electron chi connectivity index (χ2n) is 6.70. The average Bonchev–Trinajstić information content (AvgIpc) is 2.90. The Morgan fingerprint density at radius 2 is 1.77 bits per heavy atom. The first-order valence-corrected chi connectivity index (χ1v) is 8.45. The Balaban J connectivity index is 2.38. The van der Waals surface area contributed by atoms with Gasteiger partial charge < -0.3 is 14.2 Å². The van der Waals surface area contributed by atoms with Gasteiger partial charge in [0.05, 0.1) is 26.9 Å². The number of carbonyl (C=O) groups is 2. The molecule has 1 aliphatic carbocycles. The molecule has 6 nitrogen and oxygen atoms in total. The summed E-state index contributed by atoms with van der Waals surface area (Å²) >= 11 is 0. The van der Waals surface area contributed by atoms with Crippen molar-refractivity contribution in [3.63, 3.8) is 0 Å². The Hall–Kier alpha value is -2.63. The summed E-state index contributed by atoms with van der Waals surface area (Å²) in [6.07, 6.45) is 0. The van der Waals surface area contributed by atoms with E-state index in [0.717, 1.165) is 11.1 Å². The van der Waals surface area contributed by atoms with Gasteiger partial charge in [0.2, 0.25) is 0 Å². The number of esters is 2. The van der Waals surface area contributed by atoms with E-state index in [2.05, 4.69) is 4.99 Å². The number of hydrogen-bond acceptors (Lipinski definition) is 6. The number of methoxy groups -OCH3 is 3. The van der Waals surface area contributed by atoms with Crippen molar-refractivity contribution in [3.05, 3.63) is 40.6 Å². The summed E-state index contributed by atoms with van der Waals surface area (Å²) in [5.41, 5.74) is 2.36. The predicted molar refractivity (Wildman–Crippen MR) is 96.4 cm³/mol. The first-order chi connectivity index (χ1) is 12.3. The zero-order valence-corrected chi connectivity index (χ0v) is 15.9. The monoisotopic (exact) mass is 357 g/mol. The van der Waals surface area contributed by atoms with Gasteiger partial charge in [0.25, 0.3) is 0 Å². The van der Waals surface area contributed by atoms with Gasteiger partial charge in [-0.25, -0.2) is 4.79 Å². The number of nitrogens with zero attached hydrogens (tertiary/aromatic N) is 1. The van der Waals surface area contributed by atoms with E-state index in [1.54, 1.807) is 14.0 Å². The van der Waals surface area contributed by atoms with Gasteiger partial charge >= 0.3 is 11.9 Å². The van der Waals surface area contributed by atoms with Gasteiger partial charge in [0.1, 0.15) is 11.2 Å². The van der Waals surface area contributed by atoms with Gasteiger partial charge in [-0.3, -0.25) is 9.79 Å². The van der Waals surface area contributed by atoms with Crippen LogP contribution in [0.3, 0.4) is 0 Å². The number of aliphatic imine (C=N–C) groups is 1. The molecule has 0 saturated carbocycles. The minimum Gasteiger partial charge on any atom is -0.497 e. The van der Waals surface area contributed by atoms with Crippen LogP contribution in [0.5, 0.6) is 5.75 Å². The lowest BCUT2D eigenvalue weighted by Crippen LogP contribution is -2.48. The standard InChI is InChI=1S/C20H23NO5/c1-10-14-8-7-13(24-4)9-15(14)17-16(18(22)25-5)11(2)21-12(3)20(10,17)19(23)26-6/h7-10,17H,1-6H3. The second-order valence-corrected chi connectivity index (χ2v) is 6.70. The van der Waals surface area contributed by atoms with Crippen LogP contribution in [0, 0.1) is 5.41 Å². The molecule has 3 rings (SSSR count). The summed E-state index contributed by atoms with van der Waals surface area (Å²) < 4.78 is 15.6. The summed E-state index contributed by atoms with van der Waals surface area (Å²) in [6, 6.07) is 5.69. The van der Waals surface area contributed by atoms with E-state index in [1.165, 1.54) is 14.2 Å². The predicted octanol–water partition coefficient (Wildman–Crippen LogP) is 2.98. The maximum atomic E-state index is 13.1. The minimum absolute atomic E-state index is 0.211. The fourth-order valence-corrected chi connectivity index (χ4v) is 4.57. The highest BCUT2D eigenvalue weighted by molar-refractivity contribution is 6.12. The maximum absolute atomic E-state index is 13.1. The summed E-state index contributed by atoms with van der Waals surface area (Å²) in [5.74, 6) is -0.962. The van der Waals surface area contributed by atoms with Crippen LogP contribution in [-0.4, -0.2) is 39.0 Å². The van der Waals surface area contributed by atoms with Crippen LogP contribution in [-0.2, 0) is 19.1 Å². The fourth-order valence-electron chi connectivity index (χ4n) is 4.57. The molecule has 0 fully saturated rings. The van der Waals surface area contributed by atoms with Crippen LogP contribution >= 0.6 is 0 Å². The Morgan fingerprint density at radius 1 is 1.08 bits per heavy atom. The number of fused-ring (bicyclic) bond motifs is 3. The van der Waals surface area contributed by atoms with Gasteiger partial charge in [-0.1, -0.05) is 13.0 Å². The quantitative estimate of drug-likeness (QED) is 0.778. The molecule has 6 heteroatoms. The lowest BCUT2D eigenvalue weighted by molar-refractivity contribution is -0.150. The van der Waals surface area contributed by atoms with Crippen molar-refractivity contribution in [1.29, 1.82) is 0 Å². The number of hydrogen-bond donors (Lipinski definition) is 0. The smallest absolute Gasteiger partial charge is 0.336 e. The number of ether oxygens (including phenoxy) is 3. The minimum atomic E-state index is -1.08. The Bertz CT molecular complexity index is 854. The Kier molecular flexibility index (Phi) is 4.38. The second kappa shape index (κ2) is 6.27. The molecule has 2 aliphatic rings. The van der Waals surface area contributed by atoms with Gasteiger partial charge in [0.15, 0.2) is 0 Å². The van der Waals surface area contributed by atoms with Crippen LogP contribution < -0.4 is 4.74 Å². The number of allylic oxidation sites excluding steroid dienone is 1. The van der Waals surface area contributed by atoms with E-state index in [1.807, 2.05) is 32.0 Å². The summed E-state index contributed by atoms with van der Waals surface area (Å²) in [4.78, 5) is 30.2. The largest absolute Gasteiger partial charge is 0.497 e. The SMILES string of the molecule is COC(=O)C1=C(C)N=C(C)C2(C(=O)OC)C(C)c3ccc(OC)cc3C12. The van der Waals surface area contributed by atoms with Gasteiger partial charge in [0, 0.05) is 23.2 Å². The van der Waals surface area contributed by atoms with Crippen molar-refractivity contribution in [2.45, 2.75) is 32.6 Å². The molecule has 3 atom stereocenters. The van der Waals surface area contributed by atoms with E-state index in [4.69, 9.17) is 14.2 Å². The van der Waals surface area contributed by atoms with E-state index in [-0.39, 0.29) is 5.92 Å². The van der Waals surface area contributed by atoms with Crippen molar-refractivity contribution in [3.8, 4) is 5.75 Å². The number of benzene rings is 1. The number of carbonyl (C=O) groups excluding carboxylic acids is 2. The molecule has 1 heterocycles. The van der Waals surface area contributed by atoms with Gasteiger partial charge in [-0.05, 0) is 37.1 Å². The first-order valence-electron chi connectivity index (χ1n) is 8.45. The van der Waals surface area contributed by atoms with Crippen LogP contribution in [0.4, 0.5) is 0 Å². The van der Waals surface area contributed by atoms with E-state index >= 15 is 0 Å². The van der Waals surface area contributed by atoms with E-state index in [9.17, 15) is 9.59 Å². The molecule has 0 radical (unpaired) electrons. The third-order valence-electron chi connectivity index (χ3n) is 5.75. The zero-order valence-electron chi connectivity index (χ0n) is 15.9. The molecule has 0 amide bonds. The molecule has 0 N–H and O–H groups in total. The lowest BCUT2D eigenvalue weighted by Gasteiger charge is -2.40. The third kappa shape index (κ3) is 2.14. The molecule has 26 heavy (non-hydrogen) atoms. The molecule has 1 aromatic carbocycles. The lowest BCUT2D eigenvalue weighted by atomic mass is 9.63. The van der Waals surface area contributed by atoms with Crippen LogP contribution in [0.2, 0.25) is 0 Å². The third-order valence-corrected chi connectivity index (χ3v) is 5.75. The van der Waals surface area contributed by atoms with Gasteiger partial charge in [-0.15, -0.1) is 0 Å². The molecule has 1 aliphatic heterocycles. The molecular weight excluding hydrogens is 334 g/mol. The zero-order chi connectivity index (χ0) is 19.2. The molecule has 0 spiro atoms. The Labute approximate surface area is 152 Å². The average molecular weight is 357 g/mol. The van der Waals surface area contributed by atoms with Crippen LogP contribution in [0.15, 0.2) is 34.5 Å². The highest BCUT2D eigenvalue weighted by atomic mass is 16.5. The highest BCUT2D eigenvalue weighted by Crippen LogP contribution is 2.62. The molecule has 138 valence electrons. The molecule has 1 aromatic rings. The summed E-state index contributed by atoms with van der Waals surface area (Å²) in [6.45, 7) is 5.55. The molecule has 0 saturated heterocycles. The molecular formula is C20H23NO5. The number of rotatable bonds is 3. The first kappa shape index (κ1) is 18.2.